The van der Waals surface area contributed by atoms with Crippen LogP contribution in [0.1, 0.15) is 36.3 Å². The second kappa shape index (κ2) is 9.08. The number of rotatable bonds is 6. The molecule has 0 unspecified atom stereocenters. The first kappa shape index (κ1) is 20.8. The van der Waals surface area contributed by atoms with E-state index in [2.05, 4.69) is 58.7 Å². The highest BCUT2D eigenvalue weighted by atomic mass is 35.5. The first-order valence-electron chi connectivity index (χ1n) is 10.0. The van der Waals surface area contributed by atoms with E-state index in [9.17, 15) is 4.79 Å². The van der Waals surface area contributed by atoms with Crippen LogP contribution in [0.2, 0.25) is 0 Å². The van der Waals surface area contributed by atoms with Crippen LogP contribution in [0.15, 0.2) is 60.7 Å². The number of hydrogen-bond acceptors (Lipinski definition) is 3. The van der Waals surface area contributed by atoms with Gasteiger partial charge in [-0.2, -0.15) is 0 Å². The molecule has 5 heteroatoms. The van der Waals surface area contributed by atoms with Crippen LogP contribution in [0.4, 0.5) is 0 Å². The lowest BCUT2D eigenvalue weighted by atomic mass is 9.72. The van der Waals surface area contributed by atoms with Crippen LogP contribution in [0, 0.1) is 5.92 Å². The largest absolute Gasteiger partial charge is 0.345 e. The van der Waals surface area contributed by atoms with E-state index in [1.54, 1.807) is 0 Å². The normalized spacial score (nSPS) is 23.5. The van der Waals surface area contributed by atoms with Crippen LogP contribution >= 0.6 is 12.4 Å². The SMILES string of the molecule is Cl.NC[C@@H]1CN(CC(=O)NC2(c3ccccc3)CCC2)C[C@H]1c1ccccc1. The van der Waals surface area contributed by atoms with E-state index in [4.69, 9.17) is 5.73 Å². The predicted octanol–water partition coefficient (Wildman–Crippen LogP) is 3.28. The van der Waals surface area contributed by atoms with Gasteiger partial charge >= 0.3 is 0 Å². The third-order valence-corrected chi connectivity index (χ3v) is 6.33. The molecule has 1 saturated carbocycles. The molecule has 28 heavy (non-hydrogen) atoms. The van der Waals surface area contributed by atoms with Gasteiger partial charge in [-0.25, -0.2) is 0 Å². The number of nitrogens with one attached hydrogen (secondary N) is 1. The summed E-state index contributed by atoms with van der Waals surface area (Å²) >= 11 is 0. The van der Waals surface area contributed by atoms with Crippen molar-refractivity contribution in [2.24, 2.45) is 11.7 Å². The third kappa shape index (κ3) is 4.24. The maximum Gasteiger partial charge on any atom is 0.234 e. The summed E-state index contributed by atoms with van der Waals surface area (Å²) in [7, 11) is 0. The maximum absolute atomic E-state index is 12.8. The second-order valence-electron chi connectivity index (χ2n) is 8.06. The zero-order valence-electron chi connectivity index (χ0n) is 16.2. The Morgan fingerprint density at radius 3 is 2.25 bits per heavy atom. The van der Waals surface area contributed by atoms with Crippen molar-refractivity contribution in [3.8, 4) is 0 Å². The number of nitrogens with zero attached hydrogens (tertiary/aromatic N) is 1. The molecule has 0 aromatic heterocycles. The van der Waals surface area contributed by atoms with Crippen LogP contribution in [0.3, 0.4) is 0 Å². The lowest BCUT2D eigenvalue weighted by Gasteiger charge is -2.43. The lowest BCUT2D eigenvalue weighted by Crippen LogP contribution is -2.53. The summed E-state index contributed by atoms with van der Waals surface area (Å²) < 4.78 is 0. The topological polar surface area (TPSA) is 58.4 Å². The minimum atomic E-state index is -0.163. The van der Waals surface area contributed by atoms with Gasteiger partial charge in [-0.1, -0.05) is 60.7 Å². The zero-order valence-corrected chi connectivity index (χ0v) is 17.0. The Kier molecular flexibility index (Phi) is 6.76. The summed E-state index contributed by atoms with van der Waals surface area (Å²) in [6.07, 6.45) is 3.23. The molecule has 2 fully saturated rings. The minimum absolute atomic E-state index is 0. The van der Waals surface area contributed by atoms with Gasteiger partial charge in [-0.15, -0.1) is 12.4 Å². The molecular formula is C23H30ClN3O. The van der Waals surface area contributed by atoms with Crippen molar-refractivity contribution in [3.63, 3.8) is 0 Å². The minimum Gasteiger partial charge on any atom is -0.345 e. The number of amides is 1. The first-order chi connectivity index (χ1) is 13.2. The maximum atomic E-state index is 12.8. The average Bonchev–Trinajstić information content (AvgIpc) is 3.09. The van der Waals surface area contributed by atoms with Gasteiger partial charge in [-0.3, -0.25) is 9.69 Å². The Bertz CT molecular complexity index is 764. The Hall–Kier alpha value is -1.88. The van der Waals surface area contributed by atoms with E-state index >= 15 is 0 Å². The molecule has 4 rings (SSSR count). The molecule has 150 valence electrons. The summed E-state index contributed by atoms with van der Waals surface area (Å²) in [5.74, 6) is 0.950. The number of carbonyl (C=O) groups is 1. The molecule has 0 spiro atoms. The van der Waals surface area contributed by atoms with E-state index in [1.807, 2.05) is 12.1 Å². The number of benzene rings is 2. The van der Waals surface area contributed by atoms with Crippen molar-refractivity contribution < 1.29 is 4.79 Å². The zero-order chi connectivity index (χ0) is 18.7. The van der Waals surface area contributed by atoms with Gasteiger partial charge in [0.05, 0.1) is 12.1 Å². The molecule has 1 aliphatic carbocycles. The molecule has 0 bridgehead atoms. The smallest absolute Gasteiger partial charge is 0.234 e. The lowest BCUT2D eigenvalue weighted by molar-refractivity contribution is -0.125. The highest BCUT2D eigenvalue weighted by Crippen LogP contribution is 2.41. The van der Waals surface area contributed by atoms with Gasteiger partial charge in [-0.05, 0) is 42.9 Å². The van der Waals surface area contributed by atoms with Crippen LogP contribution < -0.4 is 11.1 Å². The molecule has 2 aromatic carbocycles. The number of halogens is 1. The van der Waals surface area contributed by atoms with E-state index in [0.717, 1.165) is 25.9 Å². The van der Waals surface area contributed by atoms with Crippen LogP contribution in [0.5, 0.6) is 0 Å². The van der Waals surface area contributed by atoms with Gasteiger partial charge < -0.3 is 11.1 Å². The fourth-order valence-corrected chi connectivity index (χ4v) is 4.69. The molecule has 1 saturated heterocycles. The van der Waals surface area contributed by atoms with E-state index in [1.165, 1.54) is 17.5 Å². The summed E-state index contributed by atoms with van der Waals surface area (Å²) in [5, 5.41) is 3.35. The van der Waals surface area contributed by atoms with Gasteiger partial charge in [0.1, 0.15) is 0 Å². The van der Waals surface area contributed by atoms with Crippen LogP contribution in [0.25, 0.3) is 0 Å². The molecule has 1 aliphatic heterocycles. The monoisotopic (exact) mass is 399 g/mol. The molecule has 2 aromatic rings. The molecule has 1 amide bonds. The summed E-state index contributed by atoms with van der Waals surface area (Å²) in [6.45, 7) is 2.90. The number of hydrogen-bond donors (Lipinski definition) is 2. The molecule has 2 atom stereocenters. The van der Waals surface area contributed by atoms with E-state index < -0.39 is 0 Å². The van der Waals surface area contributed by atoms with Crippen molar-refractivity contribution in [2.75, 3.05) is 26.2 Å². The predicted molar refractivity (Wildman–Crippen MR) is 116 cm³/mol. The number of nitrogens with two attached hydrogens (primary N) is 1. The van der Waals surface area contributed by atoms with Gasteiger partial charge in [0.25, 0.3) is 0 Å². The Morgan fingerprint density at radius 1 is 1.04 bits per heavy atom. The second-order valence-corrected chi connectivity index (χ2v) is 8.06. The molecule has 0 radical (unpaired) electrons. The molecular weight excluding hydrogens is 370 g/mol. The fraction of sp³-hybridized carbons (Fsp3) is 0.435. The summed E-state index contributed by atoms with van der Waals surface area (Å²) in [4.78, 5) is 15.1. The van der Waals surface area contributed by atoms with E-state index in [0.29, 0.717) is 24.9 Å². The fourth-order valence-electron chi connectivity index (χ4n) is 4.69. The molecule has 2 aliphatic rings. The van der Waals surface area contributed by atoms with Gasteiger partial charge in [0.2, 0.25) is 5.91 Å². The number of likely N-dealkylation sites (tertiary alicyclic amines) is 1. The molecule has 1 heterocycles. The summed E-state index contributed by atoms with van der Waals surface area (Å²) in [6, 6.07) is 21.0. The third-order valence-electron chi connectivity index (χ3n) is 6.33. The van der Waals surface area contributed by atoms with Crippen LogP contribution in [-0.2, 0) is 10.3 Å². The highest BCUT2D eigenvalue weighted by molar-refractivity contribution is 5.85. The Balaban J connectivity index is 0.00000225. The highest BCUT2D eigenvalue weighted by Gasteiger charge is 2.41. The Morgan fingerprint density at radius 2 is 1.68 bits per heavy atom. The summed E-state index contributed by atoms with van der Waals surface area (Å²) in [5.41, 5.74) is 8.43. The number of carbonyl (C=O) groups excluding carboxylic acids is 1. The van der Waals surface area contributed by atoms with E-state index in [-0.39, 0.29) is 23.9 Å². The molecule has 3 N–H and O–H groups in total. The van der Waals surface area contributed by atoms with Crippen molar-refractivity contribution in [3.05, 3.63) is 71.8 Å². The standard InChI is InChI=1S/C23H29N3O.ClH/c24-14-19-15-26(16-21(19)18-8-3-1-4-9-18)17-22(27)25-23(12-7-13-23)20-10-5-2-6-11-20;/h1-6,8-11,19,21H,7,12-17,24H2,(H,25,27);1H/t19-,21+;/m1./s1. The van der Waals surface area contributed by atoms with Gasteiger partial charge in [0, 0.05) is 19.0 Å². The first-order valence-corrected chi connectivity index (χ1v) is 10.0. The van der Waals surface area contributed by atoms with Crippen molar-refractivity contribution in [1.82, 2.24) is 10.2 Å². The quantitative estimate of drug-likeness (QED) is 0.783. The van der Waals surface area contributed by atoms with Crippen LogP contribution in [-0.4, -0.2) is 37.0 Å². The van der Waals surface area contributed by atoms with Crippen molar-refractivity contribution in [2.45, 2.75) is 30.7 Å². The van der Waals surface area contributed by atoms with Crippen molar-refractivity contribution in [1.29, 1.82) is 0 Å². The molecule has 4 nitrogen and oxygen atoms in total. The van der Waals surface area contributed by atoms with Gasteiger partial charge in [0.15, 0.2) is 0 Å². The van der Waals surface area contributed by atoms with Crippen molar-refractivity contribution >= 4 is 18.3 Å². The Labute approximate surface area is 173 Å². The average molecular weight is 400 g/mol.